The van der Waals surface area contributed by atoms with Crippen LogP contribution in [-0.2, 0) is 6.42 Å². The zero-order valence-electron chi connectivity index (χ0n) is 9.88. The second-order valence-corrected chi connectivity index (χ2v) is 4.67. The molecule has 1 atom stereocenters. The lowest BCUT2D eigenvalue weighted by Crippen LogP contribution is -2.01. The molecule has 0 bridgehead atoms. The summed E-state index contributed by atoms with van der Waals surface area (Å²) in [5, 5.41) is 12.3. The van der Waals surface area contributed by atoms with Crippen LogP contribution in [0, 0.1) is 0 Å². The molecule has 1 N–H and O–H groups in total. The van der Waals surface area contributed by atoms with Crippen LogP contribution >= 0.6 is 11.3 Å². The first-order chi connectivity index (χ1) is 8.26. The predicted molar refractivity (Wildman–Crippen MR) is 68.5 cm³/mol. The molecule has 2 aromatic heterocycles. The maximum atomic E-state index is 10.3. The van der Waals surface area contributed by atoms with Crippen molar-refractivity contribution >= 4 is 11.3 Å². The van der Waals surface area contributed by atoms with Gasteiger partial charge in [0.2, 0.25) is 0 Å². The first-order valence-electron chi connectivity index (χ1n) is 5.49. The fraction of sp³-hybridized carbons (Fsp3) is 0.308. The molecule has 0 saturated heterocycles. The number of pyridine rings is 1. The molecule has 0 spiro atoms. The van der Waals surface area contributed by atoms with Gasteiger partial charge in [0.15, 0.2) is 0 Å². The number of aromatic nitrogens is 1. The summed E-state index contributed by atoms with van der Waals surface area (Å²) < 4.78 is 5.11. The number of aliphatic hydroxyl groups is 1. The van der Waals surface area contributed by atoms with Gasteiger partial charge in [0.05, 0.1) is 13.3 Å². The number of aliphatic hydroxyl groups excluding tert-OH is 1. The van der Waals surface area contributed by atoms with Crippen LogP contribution in [0.3, 0.4) is 0 Å². The number of methoxy groups -OCH3 is 1. The Morgan fingerprint density at radius 2 is 2.29 bits per heavy atom. The van der Waals surface area contributed by atoms with E-state index in [1.54, 1.807) is 30.8 Å². The van der Waals surface area contributed by atoms with Gasteiger partial charge in [-0.25, -0.2) is 0 Å². The van der Waals surface area contributed by atoms with Gasteiger partial charge in [-0.15, -0.1) is 11.3 Å². The van der Waals surface area contributed by atoms with Crippen LogP contribution in [0.5, 0.6) is 5.75 Å². The van der Waals surface area contributed by atoms with Crippen molar-refractivity contribution in [2.75, 3.05) is 7.11 Å². The highest BCUT2D eigenvalue weighted by atomic mass is 32.1. The highest BCUT2D eigenvalue weighted by molar-refractivity contribution is 7.10. The minimum absolute atomic E-state index is 0.618. The summed E-state index contributed by atoms with van der Waals surface area (Å²) in [5.41, 5.74) is 1.95. The maximum absolute atomic E-state index is 10.3. The number of thiophene rings is 1. The average Bonchev–Trinajstić information content (AvgIpc) is 2.86. The van der Waals surface area contributed by atoms with Crippen LogP contribution in [0.1, 0.15) is 29.0 Å². The lowest BCUT2D eigenvalue weighted by atomic mass is 10.1. The molecule has 0 aliphatic heterocycles. The minimum atomic E-state index is -0.618. The first-order valence-corrected chi connectivity index (χ1v) is 6.37. The molecule has 0 aliphatic carbocycles. The summed E-state index contributed by atoms with van der Waals surface area (Å²) in [5.74, 6) is 0.663. The van der Waals surface area contributed by atoms with E-state index in [9.17, 15) is 5.11 Å². The van der Waals surface area contributed by atoms with Gasteiger partial charge < -0.3 is 9.84 Å². The van der Waals surface area contributed by atoms with Crippen molar-refractivity contribution < 1.29 is 9.84 Å². The molecule has 0 aliphatic rings. The quantitative estimate of drug-likeness (QED) is 0.906. The molecule has 0 radical (unpaired) electrons. The summed E-state index contributed by atoms with van der Waals surface area (Å²) in [6.07, 6.45) is 3.61. The Balaban J connectivity index is 2.33. The van der Waals surface area contributed by atoms with Crippen molar-refractivity contribution in [2.24, 2.45) is 0 Å². The van der Waals surface area contributed by atoms with Gasteiger partial charge in [0, 0.05) is 16.6 Å². The smallest absolute Gasteiger partial charge is 0.137 e. The standard InChI is InChI=1S/C13H15NO2S/c1-3-9-4-5-17-13(9)12(15)10-6-11(16-2)8-14-7-10/h4-8,12,15H,3H2,1-2H3. The third-order valence-corrected chi connectivity index (χ3v) is 3.71. The number of nitrogens with zero attached hydrogens (tertiary/aromatic N) is 1. The zero-order chi connectivity index (χ0) is 12.3. The Morgan fingerprint density at radius 1 is 1.47 bits per heavy atom. The zero-order valence-corrected chi connectivity index (χ0v) is 10.7. The second-order valence-electron chi connectivity index (χ2n) is 3.72. The third kappa shape index (κ3) is 2.48. The molecule has 0 aromatic carbocycles. The van der Waals surface area contributed by atoms with Crippen molar-refractivity contribution in [3.05, 3.63) is 45.9 Å². The Labute approximate surface area is 105 Å². The molecule has 1 unspecified atom stereocenters. The molecule has 0 amide bonds. The normalized spacial score (nSPS) is 12.4. The summed E-state index contributed by atoms with van der Waals surface area (Å²) in [6.45, 7) is 2.09. The highest BCUT2D eigenvalue weighted by Gasteiger charge is 2.16. The molecule has 4 heteroatoms. The molecule has 0 fully saturated rings. The van der Waals surface area contributed by atoms with E-state index in [-0.39, 0.29) is 0 Å². The monoisotopic (exact) mass is 249 g/mol. The summed E-state index contributed by atoms with van der Waals surface area (Å²) in [6, 6.07) is 3.87. The molecule has 2 rings (SSSR count). The molecule has 2 heterocycles. The molecular formula is C13H15NO2S. The maximum Gasteiger partial charge on any atom is 0.137 e. The van der Waals surface area contributed by atoms with E-state index in [0.717, 1.165) is 16.9 Å². The number of ether oxygens (including phenoxy) is 1. The highest BCUT2D eigenvalue weighted by Crippen LogP contribution is 2.30. The van der Waals surface area contributed by atoms with E-state index < -0.39 is 6.10 Å². The van der Waals surface area contributed by atoms with Gasteiger partial charge in [0.25, 0.3) is 0 Å². The van der Waals surface area contributed by atoms with Gasteiger partial charge in [0.1, 0.15) is 11.9 Å². The van der Waals surface area contributed by atoms with Crippen molar-refractivity contribution in [3.63, 3.8) is 0 Å². The number of hydrogen-bond donors (Lipinski definition) is 1. The number of rotatable bonds is 4. The Kier molecular flexibility index (Phi) is 3.76. The average molecular weight is 249 g/mol. The summed E-state index contributed by atoms with van der Waals surface area (Å²) in [4.78, 5) is 5.05. The minimum Gasteiger partial charge on any atom is -0.495 e. The lowest BCUT2D eigenvalue weighted by Gasteiger charge is -2.11. The molecule has 3 nitrogen and oxygen atoms in total. The fourth-order valence-electron chi connectivity index (χ4n) is 1.73. The topological polar surface area (TPSA) is 42.4 Å². The van der Waals surface area contributed by atoms with Crippen LogP contribution in [0.25, 0.3) is 0 Å². The summed E-state index contributed by atoms with van der Waals surface area (Å²) >= 11 is 1.57. The van der Waals surface area contributed by atoms with Crippen molar-refractivity contribution in [1.82, 2.24) is 4.98 Å². The van der Waals surface area contributed by atoms with Gasteiger partial charge in [-0.3, -0.25) is 4.98 Å². The Morgan fingerprint density at radius 3 is 3.00 bits per heavy atom. The van der Waals surface area contributed by atoms with Crippen LogP contribution in [-0.4, -0.2) is 17.2 Å². The molecular weight excluding hydrogens is 234 g/mol. The molecule has 2 aromatic rings. The van der Waals surface area contributed by atoms with Gasteiger partial charge >= 0.3 is 0 Å². The van der Waals surface area contributed by atoms with E-state index in [0.29, 0.717) is 5.75 Å². The molecule has 17 heavy (non-hydrogen) atoms. The van der Waals surface area contributed by atoms with E-state index >= 15 is 0 Å². The molecule has 0 saturated carbocycles. The van der Waals surface area contributed by atoms with E-state index in [2.05, 4.69) is 18.0 Å². The van der Waals surface area contributed by atoms with E-state index in [1.807, 2.05) is 11.4 Å². The van der Waals surface area contributed by atoms with E-state index in [4.69, 9.17) is 4.74 Å². The molecule has 90 valence electrons. The largest absolute Gasteiger partial charge is 0.495 e. The fourth-order valence-corrected chi connectivity index (χ4v) is 2.74. The Bertz CT molecular complexity index is 496. The second kappa shape index (κ2) is 5.29. The first kappa shape index (κ1) is 12.1. The van der Waals surface area contributed by atoms with Crippen LogP contribution in [0.15, 0.2) is 29.9 Å². The van der Waals surface area contributed by atoms with E-state index in [1.165, 1.54) is 5.56 Å². The van der Waals surface area contributed by atoms with Crippen LogP contribution in [0.2, 0.25) is 0 Å². The van der Waals surface area contributed by atoms with Crippen LogP contribution in [0.4, 0.5) is 0 Å². The van der Waals surface area contributed by atoms with Gasteiger partial charge in [-0.2, -0.15) is 0 Å². The van der Waals surface area contributed by atoms with Crippen molar-refractivity contribution in [3.8, 4) is 5.75 Å². The Hall–Kier alpha value is -1.39. The predicted octanol–water partition coefficient (Wildman–Crippen LogP) is 2.80. The SMILES string of the molecule is CCc1ccsc1C(O)c1cncc(OC)c1. The van der Waals surface area contributed by atoms with Gasteiger partial charge in [-0.1, -0.05) is 6.92 Å². The summed E-state index contributed by atoms with van der Waals surface area (Å²) in [7, 11) is 1.59. The van der Waals surface area contributed by atoms with Crippen molar-refractivity contribution in [2.45, 2.75) is 19.4 Å². The lowest BCUT2D eigenvalue weighted by molar-refractivity contribution is 0.222. The number of aryl methyl sites for hydroxylation is 1. The van der Waals surface area contributed by atoms with Gasteiger partial charge in [-0.05, 0) is 29.5 Å². The number of hydrogen-bond acceptors (Lipinski definition) is 4. The van der Waals surface area contributed by atoms with Crippen molar-refractivity contribution in [1.29, 1.82) is 0 Å². The van der Waals surface area contributed by atoms with Crippen LogP contribution < -0.4 is 4.74 Å². The third-order valence-electron chi connectivity index (χ3n) is 2.70.